The third-order valence-electron chi connectivity index (χ3n) is 2.94. The van der Waals surface area contributed by atoms with Crippen molar-refractivity contribution in [3.05, 3.63) is 39.9 Å². The monoisotopic (exact) mass is 267 g/mol. The second kappa shape index (κ2) is 4.00. The molecule has 1 aliphatic carbocycles. The minimum absolute atomic E-state index is 0.373. The van der Waals surface area contributed by atoms with Crippen molar-refractivity contribution in [1.82, 2.24) is 14.8 Å². The summed E-state index contributed by atoms with van der Waals surface area (Å²) in [5.74, 6) is 1.40. The number of benzene rings is 1. The fraction of sp³-hybridized carbons (Fsp3) is 0.333. The molecule has 5 heteroatoms. The summed E-state index contributed by atoms with van der Waals surface area (Å²) in [5, 5.41) is 9.12. The van der Waals surface area contributed by atoms with E-state index >= 15 is 0 Å². The molecule has 1 aliphatic rings. The number of aryl methyl sites for hydroxylation is 1. The molecule has 0 radical (unpaired) electrons. The maximum Gasteiger partial charge on any atom is 0.229 e. The maximum atomic E-state index is 6.25. The predicted octanol–water partition coefficient (Wildman–Crippen LogP) is 3.76. The van der Waals surface area contributed by atoms with E-state index in [-0.39, 0.29) is 0 Å². The average molecular weight is 268 g/mol. The van der Waals surface area contributed by atoms with E-state index in [2.05, 4.69) is 10.2 Å². The number of rotatable bonds is 2. The Balaban J connectivity index is 2.16. The molecule has 3 rings (SSSR count). The Labute approximate surface area is 109 Å². The highest BCUT2D eigenvalue weighted by molar-refractivity contribution is 6.33. The Morgan fingerprint density at radius 3 is 2.65 bits per heavy atom. The van der Waals surface area contributed by atoms with Gasteiger partial charge in [0.2, 0.25) is 5.28 Å². The van der Waals surface area contributed by atoms with Gasteiger partial charge in [0.25, 0.3) is 0 Å². The van der Waals surface area contributed by atoms with E-state index in [1.807, 2.05) is 29.7 Å². The van der Waals surface area contributed by atoms with Gasteiger partial charge in [0.1, 0.15) is 5.82 Å². The molecule has 1 heterocycles. The molecular formula is C12H11Cl2N3. The molecule has 2 aromatic rings. The molecule has 1 saturated carbocycles. The van der Waals surface area contributed by atoms with Gasteiger partial charge in [-0.1, -0.05) is 17.7 Å². The first-order chi connectivity index (χ1) is 8.16. The second-order valence-electron chi connectivity index (χ2n) is 4.39. The van der Waals surface area contributed by atoms with Crippen LogP contribution in [0.1, 0.15) is 30.1 Å². The summed E-state index contributed by atoms with van der Waals surface area (Å²) in [5.41, 5.74) is 1.98. The van der Waals surface area contributed by atoms with Crippen LogP contribution in [0.4, 0.5) is 0 Å². The van der Waals surface area contributed by atoms with Gasteiger partial charge in [0, 0.05) is 5.92 Å². The fourth-order valence-corrected chi connectivity index (χ4v) is 2.43. The molecule has 1 aromatic carbocycles. The van der Waals surface area contributed by atoms with Crippen LogP contribution in [0.5, 0.6) is 0 Å². The first-order valence-electron chi connectivity index (χ1n) is 5.54. The van der Waals surface area contributed by atoms with Crippen LogP contribution in [0.3, 0.4) is 0 Å². The van der Waals surface area contributed by atoms with E-state index in [9.17, 15) is 0 Å². The van der Waals surface area contributed by atoms with E-state index in [1.54, 1.807) is 0 Å². The molecule has 88 valence electrons. The van der Waals surface area contributed by atoms with Crippen LogP contribution >= 0.6 is 23.2 Å². The van der Waals surface area contributed by atoms with Crippen LogP contribution in [0.25, 0.3) is 5.69 Å². The minimum atomic E-state index is 0.373. The van der Waals surface area contributed by atoms with Gasteiger partial charge in [-0.3, -0.25) is 4.57 Å². The molecule has 0 amide bonds. The first-order valence-corrected chi connectivity index (χ1v) is 6.30. The highest BCUT2D eigenvalue weighted by Crippen LogP contribution is 2.41. The SMILES string of the molecule is Cc1ccc(-n2c(Cl)nnc2C2CC2)c(Cl)c1. The zero-order valence-electron chi connectivity index (χ0n) is 9.32. The molecule has 17 heavy (non-hydrogen) atoms. The summed E-state index contributed by atoms with van der Waals surface area (Å²) in [6, 6.07) is 5.89. The van der Waals surface area contributed by atoms with Gasteiger partial charge in [0.15, 0.2) is 0 Å². The van der Waals surface area contributed by atoms with E-state index in [0.717, 1.165) is 29.9 Å². The van der Waals surface area contributed by atoms with Gasteiger partial charge in [0.05, 0.1) is 10.7 Å². The van der Waals surface area contributed by atoms with Crippen LogP contribution < -0.4 is 0 Å². The number of nitrogens with zero attached hydrogens (tertiary/aromatic N) is 3. The molecule has 3 nitrogen and oxygen atoms in total. The molecule has 0 unspecified atom stereocenters. The summed E-state index contributed by atoms with van der Waals surface area (Å²) in [6.07, 6.45) is 2.30. The summed E-state index contributed by atoms with van der Waals surface area (Å²) < 4.78 is 1.85. The van der Waals surface area contributed by atoms with Crippen molar-refractivity contribution in [2.24, 2.45) is 0 Å². The average Bonchev–Trinajstić information content (AvgIpc) is 3.04. The van der Waals surface area contributed by atoms with Crippen LogP contribution in [0, 0.1) is 6.92 Å². The molecule has 1 aromatic heterocycles. The minimum Gasteiger partial charge on any atom is -0.268 e. The van der Waals surface area contributed by atoms with Crippen LogP contribution in [0.2, 0.25) is 10.3 Å². The highest BCUT2D eigenvalue weighted by Gasteiger charge is 2.31. The van der Waals surface area contributed by atoms with Gasteiger partial charge >= 0.3 is 0 Å². The van der Waals surface area contributed by atoms with E-state index in [4.69, 9.17) is 23.2 Å². The molecule has 0 saturated heterocycles. The fourth-order valence-electron chi connectivity index (χ4n) is 1.90. The normalized spacial score (nSPS) is 15.2. The molecule has 0 N–H and O–H groups in total. The Bertz CT molecular complexity index is 573. The summed E-state index contributed by atoms with van der Waals surface area (Å²) in [4.78, 5) is 0. The molecule has 0 bridgehead atoms. The van der Waals surface area contributed by atoms with Gasteiger partial charge < -0.3 is 0 Å². The van der Waals surface area contributed by atoms with Crippen molar-refractivity contribution >= 4 is 23.2 Å². The van der Waals surface area contributed by atoms with Gasteiger partial charge in [-0.2, -0.15) is 0 Å². The van der Waals surface area contributed by atoms with Crippen molar-refractivity contribution in [3.63, 3.8) is 0 Å². The van der Waals surface area contributed by atoms with Crippen molar-refractivity contribution in [1.29, 1.82) is 0 Å². The highest BCUT2D eigenvalue weighted by atomic mass is 35.5. The topological polar surface area (TPSA) is 30.7 Å². The summed E-state index contributed by atoms with van der Waals surface area (Å²) >= 11 is 12.3. The Kier molecular flexibility index (Phi) is 2.60. The predicted molar refractivity (Wildman–Crippen MR) is 68.1 cm³/mol. The number of hydrogen-bond acceptors (Lipinski definition) is 2. The lowest BCUT2D eigenvalue weighted by atomic mass is 10.2. The molecular weight excluding hydrogens is 257 g/mol. The second-order valence-corrected chi connectivity index (χ2v) is 5.14. The Morgan fingerprint density at radius 2 is 2.00 bits per heavy atom. The number of halogens is 2. The third-order valence-corrected chi connectivity index (χ3v) is 3.48. The van der Waals surface area contributed by atoms with Gasteiger partial charge in [-0.05, 0) is 49.1 Å². The van der Waals surface area contributed by atoms with Crippen molar-refractivity contribution in [2.45, 2.75) is 25.7 Å². The maximum absolute atomic E-state index is 6.25. The summed E-state index contributed by atoms with van der Waals surface area (Å²) in [6.45, 7) is 2.01. The van der Waals surface area contributed by atoms with E-state index < -0.39 is 0 Å². The zero-order valence-corrected chi connectivity index (χ0v) is 10.8. The van der Waals surface area contributed by atoms with Crippen molar-refractivity contribution in [2.75, 3.05) is 0 Å². The standard InChI is InChI=1S/C12H11Cl2N3/c1-7-2-5-10(9(13)6-7)17-11(8-3-4-8)15-16-12(17)14/h2,5-6,8H,3-4H2,1H3. The number of aromatic nitrogens is 3. The lowest BCUT2D eigenvalue weighted by Crippen LogP contribution is -2.01. The number of hydrogen-bond donors (Lipinski definition) is 0. The zero-order chi connectivity index (χ0) is 12.0. The molecule has 0 aliphatic heterocycles. The summed E-state index contributed by atoms with van der Waals surface area (Å²) in [7, 11) is 0. The smallest absolute Gasteiger partial charge is 0.229 e. The largest absolute Gasteiger partial charge is 0.268 e. The lowest BCUT2D eigenvalue weighted by molar-refractivity contribution is 0.871. The Morgan fingerprint density at radius 1 is 1.24 bits per heavy atom. The lowest BCUT2D eigenvalue weighted by Gasteiger charge is -2.09. The van der Waals surface area contributed by atoms with Gasteiger partial charge in [-0.25, -0.2) is 0 Å². The van der Waals surface area contributed by atoms with Crippen molar-refractivity contribution in [3.8, 4) is 5.69 Å². The van der Waals surface area contributed by atoms with E-state index in [1.165, 1.54) is 0 Å². The Hall–Kier alpha value is -1.06. The van der Waals surface area contributed by atoms with Crippen LogP contribution in [-0.4, -0.2) is 14.8 Å². The van der Waals surface area contributed by atoms with Crippen molar-refractivity contribution < 1.29 is 0 Å². The van der Waals surface area contributed by atoms with Crippen LogP contribution in [0.15, 0.2) is 18.2 Å². The third kappa shape index (κ3) is 1.94. The molecule has 0 atom stereocenters. The molecule has 0 spiro atoms. The van der Waals surface area contributed by atoms with Gasteiger partial charge in [-0.15, -0.1) is 10.2 Å². The first kappa shape index (κ1) is 11.1. The molecule has 1 fully saturated rings. The quantitative estimate of drug-likeness (QED) is 0.830. The van der Waals surface area contributed by atoms with Crippen LogP contribution in [-0.2, 0) is 0 Å². The van der Waals surface area contributed by atoms with E-state index in [0.29, 0.717) is 16.2 Å².